The van der Waals surface area contributed by atoms with E-state index >= 15 is 0 Å². The molecule has 152 valence electrons. The van der Waals surface area contributed by atoms with Crippen molar-refractivity contribution in [3.8, 4) is 5.75 Å². The minimum Gasteiger partial charge on any atom is -0.508 e. The van der Waals surface area contributed by atoms with Crippen molar-refractivity contribution in [3.05, 3.63) is 59.9 Å². The number of anilines is 1. The summed E-state index contributed by atoms with van der Waals surface area (Å²) in [5, 5.41) is 21.3. The first-order valence-corrected chi connectivity index (χ1v) is 11.2. The van der Waals surface area contributed by atoms with Crippen molar-refractivity contribution < 1.29 is 9.90 Å². The normalized spacial score (nSPS) is 12.0. The molecule has 0 saturated heterocycles. The maximum Gasteiger partial charge on any atom is 0.237 e. The van der Waals surface area contributed by atoms with Crippen molar-refractivity contribution in [2.45, 2.75) is 41.3 Å². The summed E-state index contributed by atoms with van der Waals surface area (Å²) >= 11 is 3.12. The fourth-order valence-corrected chi connectivity index (χ4v) is 4.39. The SMILES string of the molecule is CCC(Sc1nnc(CSc2ccc(C)cc2)n1C)C(=O)Nc1ccc(O)cc1. The Morgan fingerprint density at radius 2 is 1.83 bits per heavy atom. The number of carbonyl (C=O) groups is 1. The highest BCUT2D eigenvalue weighted by molar-refractivity contribution is 8.00. The quantitative estimate of drug-likeness (QED) is 0.402. The number of phenols is 1. The van der Waals surface area contributed by atoms with Gasteiger partial charge in [-0.2, -0.15) is 0 Å². The van der Waals surface area contributed by atoms with E-state index in [-0.39, 0.29) is 16.9 Å². The fourth-order valence-electron chi connectivity index (χ4n) is 2.57. The monoisotopic (exact) mass is 428 g/mol. The van der Waals surface area contributed by atoms with E-state index in [1.54, 1.807) is 36.0 Å². The molecule has 1 aromatic heterocycles. The smallest absolute Gasteiger partial charge is 0.237 e. The van der Waals surface area contributed by atoms with Gasteiger partial charge < -0.3 is 15.0 Å². The maximum atomic E-state index is 12.6. The molecule has 0 radical (unpaired) electrons. The number of benzene rings is 2. The van der Waals surface area contributed by atoms with Crippen molar-refractivity contribution in [1.82, 2.24) is 14.8 Å². The van der Waals surface area contributed by atoms with Gasteiger partial charge in [-0.25, -0.2) is 0 Å². The summed E-state index contributed by atoms with van der Waals surface area (Å²) in [5.41, 5.74) is 1.89. The topological polar surface area (TPSA) is 80.0 Å². The van der Waals surface area contributed by atoms with Gasteiger partial charge in [0.2, 0.25) is 5.91 Å². The predicted molar refractivity (Wildman–Crippen MR) is 118 cm³/mol. The molecule has 29 heavy (non-hydrogen) atoms. The number of amides is 1. The number of nitrogens with one attached hydrogen (secondary N) is 1. The van der Waals surface area contributed by atoms with Crippen molar-refractivity contribution in [1.29, 1.82) is 0 Å². The second kappa shape index (κ2) is 9.84. The molecule has 1 heterocycles. The average molecular weight is 429 g/mol. The molecule has 6 nitrogen and oxygen atoms in total. The van der Waals surface area contributed by atoms with E-state index in [4.69, 9.17) is 0 Å². The number of aromatic nitrogens is 3. The molecule has 1 atom stereocenters. The standard InChI is InChI=1S/C21H24N4O2S2/c1-4-18(20(27)22-15-7-9-16(26)10-8-15)29-21-24-23-19(25(21)3)13-28-17-11-5-14(2)6-12-17/h5-12,18,26H,4,13H2,1-3H3,(H,22,27). The van der Waals surface area contributed by atoms with Crippen LogP contribution >= 0.6 is 23.5 Å². The molecule has 3 aromatic rings. The van der Waals surface area contributed by atoms with Crippen molar-refractivity contribution in [3.63, 3.8) is 0 Å². The summed E-state index contributed by atoms with van der Waals surface area (Å²) in [7, 11) is 1.93. The highest BCUT2D eigenvalue weighted by Gasteiger charge is 2.21. The van der Waals surface area contributed by atoms with Gasteiger partial charge in [-0.1, -0.05) is 36.4 Å². The summed E-state index contributed by atoms with van der Waals surface area (Å²) in [6, 6.07) is 14.8. The van der Waals surface area contributed by atoms with Gasteiger partial charge in [0.05, 0.1) is 11.0 Å². The van der Waals surface area contributed by atoms with Gasteiger partial charge in [-0.05, 0) is 49.7 Å². The van der Waals surface area contributed by atoms with Crippen LogP contribution in [0.3, 0.4) is 0 Å². The summed E-state index contributed by atoms with van der Waals surface area (Å²) in [5.74, 6) is 1.65. The van der Waals surface area contributed by atoms with Gasteiger partial charge in [0, 0.05) is 17.6 Å². The molecule has 0 spiro atoms. The first-order chi connectivity index (χ1) is 14.0. The van der Waals surface area contributed by atoms with Crippen LogP contribution in [-0.2, 0) is 17.6 Å². The zero-order valence-electron chi connectivity index (χ0n) is 16.6. The summed E-state index contributed by atoms with van der Waals surface area (Å²) in [6.07, 6.45) is 0.662. The number of rotatable bonds is 8. The molecule has 2 aromatic carbocycles. The van der Waals surface area contributed by atoms with Crippen LogP contribution in [-0.4, -0.2) is 31.0 Å². The molecule has 1 amide bonds. The van der Waals surface area contributed by atoms with E-state index in [0.29, 0.717) is 17.9 Å². The van der Waals surface area contributed by atoms with Crippen LogP contribution in [0.25, 0.3) is 0 Å². The lowest BCUT2D eigenvalue weighted by atomic mass is 10.2. The lowest BCUT2D eigenvalue weighted by Crippen LogP contribution is -2.25. The molecule has 0 aliphatic rings. The number of phenolic OH excluding ortho intramolecular Hbond substituents is 1. The number of aromatic hydroxyl groups is 1. The second-order valence-electron chi connectivity index (χ2n) is 6.61. The first kappa shape index (κ1) is 21.3. The zero-order chi connectivity index (χ0) is 20.8. The van der Waals surface area contributed by atoms with Crippen LogP contribution in [0.1, 0.15) is 24.7 Å². The lowest BCUT2D eigenvalue weighted by Gasteiger charge is -2.14. The van der Waals surface area contributed by atoms with Crippen LogP contribution in [0.5, 0.6) is 5.75 Å². The Bertz CT molecular complexity index is 956. The highest BCUT2D eigenvalue weighted by atomic mass is 32.2. The molecule has 0 fully saturated rings. The third kappa shape index (κ3) is 5.77. The van der Waals surface area contributed by atoms with Crippen LogP contribution in [0.4, 0.5) is 5.69 Å². The Balaban J connectivity index is 1.61. The largest absolute Gasteiger partial charge is 0.508 e. The van der Waals surface area contributed by atoms with E-state index in [1.807, 2.05) is 18.5 Å². The van der Waals surface area contributed by atoms with Gasteiger partial charge in [0.25, 0.3) is 0 Å². The molecule has 0 aliphatic carbocycles. The fraction of sp³-hybridized carbons (Fsp3) is 0.286. The Hall–Kier alpha value is -2.45. The Kier molecular flexibility index (Phi) is 7.22. The van der Waals surface area contributed by atoms with Gasteiger partial charge in [-0.15, -0.1) is 22.0 Å². The summed E-state index contributed by atoms with van der Waals surface area (Å²) < 4.78 is 1.95. The molecule has 0 saturated carbocycles. The minimum absolute atomic E-state index is 0.0956. The summed E-state index contributed by atoms with van der Waals surface area (Å²) in [6.45, 7) is 4.04. The van der Waals surface area contributed by atoms with E-state index in [9.17, 15) is 9.90 Å². The van der Waals surface area contributed by atoms with Crippen molar-refractivity contribution >= 4 is 35.1 Å². The predicted octanol–water partition coefficient (Wildman–Crippen LogP) is 4.63. The van der Waals surface area contributed by atoms with Crippen LogP contribution < -0.4 is 5.32 Å². The van der Waals surface area contributed by atoms with Crippen molar-refractivity contribution in [2.75, 3.05) is 5.32 Å². The first-order valence-electron chi connectivity index (χ1n) is 9.30. The van der Waals surface area contributed by atoms with Crippen molar-refractivity contribution in [2.24, 2.45) is 7.05 Å². The van der Waals surface area contributed by atoms with Gasteiger partial charge >= 0.3 is 0 Å². The minimum atomic E-state index is -0.288. The Morgan fingerprint density at radius 1 is 1.14 bits per heavy atom. The van der Waals surface area contributed by atoms with E-state index in [0.717, 1.165) is 11.0 Å². The molecule has 1 unspecified atom stereocenters. The number of carbonyl (C=O) groups excluding carboxylic acids is 1. The third-order valence-electron chi connectivity index (χ3n) is 4.36. The Labute approximate surface area is 179 Å². The molecule has 8 heteroatoms. The number of aryl methyl sites for hydroxylation is 1. The number of hydrogen-bond donors (Lipinski definition) is 2. The molecule has 2 N–H and O–H groups in total. The second-order valence-corrected chi connectivity index (χ2v) is 8.83. The van der Waals surface area contributed by atoms with E-state index in [1.165, 1.54) is 22.2 Å². The average Bonchev–Trinajstić information content (AvgIpc) is 3.06. The highest BCUT2D eigenvalue weighted by Crippen LogP contribution is 2.28. The van der Waals surface area contributed by atoms with Gasteiger partial charge in [-0.3, -0.25) is 4.79 Å². The molecular weight excluding hydrogens is 404 g/mol. The molecule has 0 aliphatic heterocycles. The van der Waals surface area contributed by atoms with Gasteiger partial charge in [0.15, 0.2) is 5.16 Å². The number of thioether (sulfide) groups is 2. The number of hydrogen-bond acceptors (Lipinski definition) is 6. The molecule has 0 bridgehead atoms. The summed E-state index contributed by atoms with van der Waals surface area (Å²) in [4.78, 5) is 13.8. The third-order valence-corrected chi connectivity index (χ3v) is 6.77. The molecular formula is C21H24N4O2S2. The van der Waals surface area contributed by atoms with E-state index in [2.05, 4.69) is 46.7 Å². The van der Waals surface area contributed by atoms with Crippen LogP contribution in [0.15, 0.2) is 58.6 Å². The maximum absolute atomic E-state index is 12.6. The molecule has 3 rings (SSSR count). The Morgan fingerprint density at radius 3 is 2.48 bits per heavy atom. The lowest BCUT2D eigenvalue weighted by molar-refractivity contribution is -0.115. The zero-order valence-corrected chi connectivity index (χ0v) is 18.3. The van der Waals surface area contributed by atoms with Crippen LogP contribution in [0.2, 0.25) is 0 Å². The number of nitrogens with zero attached hydrogens (tertiary/aromatic N) is 3. The van der Waals surface area contributed by atoms with Crippen LogP contribution in [0, 0.1) is 6.92 Å². The van der Waals surface area contributed by atoms with E-state index < -0.39 is 0 Å². The van der Waals surface area contributed by atoms with Gasteiger partial charge in [0.1, 0.15) is 11.6 Å².